The van der Waals surface area contributed by atoms with Gasteiger partial charge in [0.15, 0.2) is 5.65 Å². The summed E-state index contributed by atoms with van der Waals surface area (Å²) in [5.41, 5.74) is 2.60. The summed E-state index contributed by atoms with van der Waals surface area (Å²) in [6.45, 7) is 3.34. The SMILES string of the molecule is Cc1ccc2c(Nc3ccc(Br)cc3F)c(C(=O)N3CCCC3)cnc2n1.Cl. The van der Waals surface area contributed by atoms with Crippen LogP contribution in [0.2, 0.25) is 0 Å². The number of aryl methyl sites for hydroxylation is 1. The Kier molecular flexibility index (Phi) is 6.15. The van der Waals surface area contributed by atoms with Gasteiger partial charge in [0, 0.05) is 34.8 Å². The molecule has 0 bridgehead atoms. The molecule has 1 amide bonds. The van der Waals surface area contributed by atoms with Crippen molar-refractivity contribution in [1.82, 2.24) is 14.9 Å². The Hall–Kier alpha value is -2.25. The Bertz CT molecular complexity index is 1040. The van der Waals surface area contributed by atoms with E-state index >= 15 is 0 Å². The molecule has 0 atom stereocenters. The van der Waals surface area contributed by atoms with Crippen molar-refractivity contribution < 1.29 is 9.18 Å². The largest absolute Gasteiger partial charge is 0.352 e. The van der Waals surface area contributed by atoms with Gasteiger partial charge in [-0.2, -0.15) is 0 Å². The van der Waals surface area contributed by atoms with Crippen LogP contribution >= 0.6 is 28.3 Å². The molecule has 146 valence electrons. The number of carbonyl (C=O) groups excluding carboxylic acids is 1. The van der Waals surface area contributed by atoms with Crippen LogP contribution in [-0.4, -0.2) is 33.9 Å². The molecule has 0 saturated carbocycles. The Morgan fingerprint density at radius 1 is 1.21 bits per heavy atom. The fourth-order valence-electron chi connectivity index (χ4n) is 3.28. The maximum absolute atomic E-state index is 14.4. The number of carbonyl (C=O) groups is 1. The highest BCUT2D eigenvalue weighted by molar-refractivity contribution is 9.10. The van der Waals surface area contributed by atoms with Crippen molar-refractivity contribution in [1.29, 1.82) is 0 Å². The Labute approximate surface area is 176 Å². The zero-order valence-electron chi connectivity index (χ0n) is 15.2. The zero-order valence-corrected chi connectivity index (χ0v) is 17.6. The van der Waals surface area contributed by atoms with Crippen molar-refractivity contribution in [3.8, 4) is 0 Å². The van der Waals surface area contributed by atoms with E-state index in [0.717, 1.165) is 31.6 Å². The lowest BCUT2D eigenvalue weighted by Crippen LogP contribution is -2.28. The van der Waals surface area contributed by atoms with Crippen molar-refractivity contribution in [2.75, 3.05) is 18.4 Å². The summed E-state index contributed by atoms with van der Waals surface area (Å²) in [6.07, 6.45) is 3.53. The number of benzene rings is 1. The smallest absolute Gasteiger partial charge is 0.257 e. The van der Waals surface area contributed by atoms with Crippen LogP contribution in [0.4, 0.5) is 15.8 Å². The molecule has 5 nitrogen and oxygen atoms in total. The van der Waals surface area contributed by atoms with Crippen LogP contribution < -0.4 is 5.32 Å². The molecular weight excluding hydrogens is 447 g/mol. The first kappa shape index (κ1) is 20.5. The first-order valence-electron chi connectivity index (χ1n) is 8.80. The lowest BCUT2D eigenvalue weighted by Gasteiger charge is -2.19. The van der Waals surface area contributed by atoms with Crippen molar-refractivity contribution in [3.63, 3.8) is 0 Å². The van der Waals surface area contributed by atoms with Crippen LogP contribution in [-0.2, 0) is 0 Å². The summed E-state index contributed by atoms with van der Waals surface area (Å²) in [7, 11) is 0. The number of halogens is 3. The highest BCUT2D eigenvalue weighted by Crippen LogP contribution is 2.32. The molecule has 1 aromatic carbocycles. The predicted octanol–water partition coefficient (Wildman–Crippen LogP) is 5.24. The highest BCUT2D eigenvalue weighted by atomic mass is 79.9. The van der Waals surface area contributed by atoms with Gasteiger partial charge in [-0.05, 0) is 50.1 Å². The number of amides is 1. The number of pyridine rings is 2. The van der Waals surface area contributed by atoms with Crippen LogP contribution in [0.1, 0.15) is 28.9 Å². The number of fused-ring (bicyclic) bond motifs is 1. The second kappa shape index (κ2) is 8.41. The van der Waals surface area contributed by atoms with Crippen LogP contribution in [0, 0.1) is 12.7 Å². The predicted molar refractivity (Wildman–Crippen MR) is 114 cm³/mol. The van der Waals surface area contributed by atoms with E-state index in [1.54, 1.807) is 12.1 Å². The molecule has 4 rings (SSSR count). The van der Waals surface area contributed by atoms with E-state index in [1.165, 1.54) is 12.3 Å². The number of rotatable bonds is 3. The first-order valence-corrected chi connectivity index (χ1v) is 9.60. The van der Waals surface area contributed by atoms with Gasteiger partial charge >= 0.3 is 0 Å². The fourth-order valence-corrected chi connectivity index (χ4v) is 3.62. The van der Waals surface area contributed by atoms with Crippen molar-refractivity contribution in [3.05, 3.63) is 58.1 Å². The topological polar surface area (TPSA) is 58.1 Å². The molecule has 3 aromatic rings. The standard InChI is InChI=1S/C20H18BrFN4O.ClH/c1-12-4-6-14-18(25-17-7-5-13(21)10-16(17)22)15(11-23-19(14)24-12)20(27)26-8-2-3-9-26;/h4-7,10-11H,2-3,8-9H2,1H3,(H,23,24,25);1H. The van der Waals surface area contributed by atoms with E-state index in [-0.39, 0.29) is 18.3 Å². The number of hydrogen-bond donors (Lipinski definition) is 1. The molecule has 8 heteroatoms. The van der Waals surface area contributed by atoms with E-state index < -0.39 is 5.82 Å². The summed E-state index contributed by atoms with van der Waals surface area (Å²) in [5, 5.41) is 3.80. The molecule has 28 heavy (non-hydrogen) atoms. The number of nitrogens with zero attached hydrogens (tertiary/aromatic N) is 3. The van der Waals surface area contributed by atoms with Gasteiger partial charge in [0.1, 0.15) is 5.82 Å². The van der Waals surface area contributed by atoms with Crippen LogP contribution in [0.25, 0.3) is 11.0 Å². The van der Waals surface area contributed by atoms with Gasteiger partial charge in [-0.1, -0.05) is 15.9 Å². The van der Waals surface area contributed by atoms with Gasteiger partial charge in [-0.15, -0.1) is 12.4 Å². The van der Waals surface area contributed by atoms with E-state index in [1.807, 2.05) is 24.0 Å². The van der Waals surface area contributed by atoms with Crippen LogP contribution in [0.5, 0.6) is 0 Å². The Balaban J connectivity index is 0.00000225. The molecule has 1 aliphatic heterocycles. The number of likely N-dealkylation sites (tertiary alicyclic amines) is 1. The molecule has 1 aliphatic rings. The molecule has 1 fully saturated rings. The monoisotopic (exact) mass is 464 g/mol. The summed E-state index contributed by atoms with van der Waals surface area (Å²) < 4.78 is 15.1. The lowest BCUT2D eigenvalue weighted by molar-refractivity contribution is 0.0793. The number of aromatic nitrogens is 2. The maximum atomic E-state index is 14.4. The van der Waals surface area contributed by atoms with Crippen LogP contribution in [0.15, 0.2) is 41.0 Å². The quantitative estimate of drug-likeness (QED) is 0.574. The molecule has 0 unspecified atom stereocenters. The molecule has 2 aromatic heterocycles. The summed E-state index contributed by atoms with van der Waals surface area (Å²) in [5.74, 6) is -0.503. The molecular formula is C20H19BrClFN4O. The normalized spacial score (nSPS) is 13.5. The fraction of sp³-hybridized carbons (Fsp3) is 0.250. The molecule has 3 heterocycles. The van der Waals surface area contributed by atoms with E-state index in [4.69, 9.17) is 0 Å². The highest BCUT2D eigenvalue weighted by Gasteiger charge is 2.24. The zero-order chi connectivity index (χ0) is 19.0. The van der Waals surface area contributed by atoms with Gasteiger partial charge in [0.2, 0.25) is 0 Å². The van der Waals surface area contributed by atoms with E-state index in [0.29, 0.717) is 32.4 Å². The van der Waals surface area contributed by atoms with Crippen molar-refractivity contribution >= 4 is 56.7 Å². The third-order valence-electron chi connectivity index (χ3n) is 4.68. The summed E-state index contributed by atoms with van der Waals surface area (Å²) in [4.78, 5) is 23.7. The minimum Gasteiger partial charge on any atom is -0.352 e. The summed E-state index contributed by atoms with van der Waals surface area (Å²) in [6, 6.07) is 8.49. The van der Waals surface area contributed by atoms with Gasteiger partial charge in [-0.3, -0.25) is 4.79 Å². The number of anilines is 2. The van der Waals surface area contributed by atoms with E-state index in [2.05, 4.69) is 31.2 Å². The summed E-state index contributed by atoms with van der Waals surface area (Å²) >= 11 is 3.26. The van der Waals surface area contributed by atoms with Gasteiger partial charge in [0.05, 0.1) is 16.9 Å². The first-order chi connectivity index (χ1) is 13.0. The van der Waals surface area contributed by atoms with Crippen molar-refractivity contribution in [2.45, 2.75) is 19.8 Å². The van der Waals surface area contributed by atoms with Gasteiger partial charge in [-0.25, -0.2) is 14.4 Å². The Morgan fingerprint density at radius 3 is 2.68 bits per heavy atom. The maximum Gasteiger partial charge on any atom is 0.257 e. The second-order valence-electron chi connectivity index (χ2n) is 6.62. The minimum absolute atomic E-state index is 0. The van der Waals surface area contributed by atoms with E-state index in [9.17, 15) is 9.18 Å². The molecule has 1 N–H and O–H groups in total. The Morgan fingerprint density at radius 2 is 1.96 bits per heavy atom. The van der Waals surface area contributed by atoms with Gasteiger partial charge in [0.25, 0.3) is 5.91 Å². The number of hydrogen-bond acceptors (Lipinski definition) is 4. The van der Waals surface area contributed by atoms with Crippen molar-refractivity contribution in [2.24, 2.45) is 0 Å². The molecule has 1 saturated heterocycles. The molecule has 0 aliphatic carbocycles. The second-order valence-corrected chi connectivity index (χ2v) is 7.53. The van der Waals surface area contributed by atoms with Crippen LogP contribution in [0.3, 0.4) is 0 Å². The lowest BCUT2D eigenvalue weighted by atomic mass is 10.1. The minimum atomic E-state index is -0.408. The molecule has 0 spiro atoms. The number of nitrogens with one attached hydrogen (secondary N) is 1. The van der Waals surface area contributed by atoms with Gasteiger partial charge < -0.3 is 10.2 Å². The third kappa shape index (κ3) is 3.95. The molecule has 0 radical (unpaired) electrons. The average Bonchev–Trinajstić information content (AvgIpc) is 3.18. The average molecular weight is 466 g/mol. The third-order valence-corrected chi connectivity index (χ3v) is 5.18.